The maximum absolute atomic E-state index is 9.10. The maximum Gasteiger partial charge on any atom is 0.414 e. The van der Waals surface area contributed by atoms with Gasteiger partial charge in [-0.15, -0.1) is 0 Å². The fraction of sp³-hybridized carbons (Fsp3) is 0. The van der Waals surface area contributed by atoms with Crippen molar-refractivity contribution in [3.8, 4) is 0 Å². The molecule has 12 nitrogen and oxygen atoms in total. The van der Waals surface area contributed by atoms with Gasteiger partial charge >= 0.3 is 35.8 Å². The molecule has 0 rings (SSSR count). The average Bonchev–Trinajstić information content (AvgIpc) is 2.18. The molecular weight excluding hydrogens is 323 g/mol. The second kappa shape index (κ2) is 13.4. The summed E-state index contributed by atoms with van der Waals surface area (Å²) in [5, 5.41) is 44.3. The van der Waals surface area contributed by atoms with E-state index in [0.717, 1.165) is 0 Å². The molecule has 0 aromatic rings. The summed E-state index contributed by atoms with van der Waals surface area (Å²) >= 11 is 0. The van der Waals surface area contributed by atoms with Crippen LogP contribution in [0.2, 0.25) is 0 Å². The summed E-state index contributed by atoms with van der Waals surface area (Å²) in [5.41, 5.74) is 0. The molecule has 0 amide bonds. The zero-order valence-electron chi connectivity index (χ0n) is 8.47. The minimum Gasteiger partial charge on any atom is -0.473 e. The van der Waals surface area contributed by atoms with Gasteiger partial charge in [-0.25, -0.2) is 28.8 Å². The van der Waals surface area contributed by atoms with Gasteiger partial charge in [0.25, 0.3) is 0 Å². The third-order valence-electron chi connectivity index (χ3n) is 0.549. The zero-order valence-corrected chi connectivity index (χ0v) is 9.51. The summed E-state index contributed by atoms with van der Waals surface area (Å²) in [4.78, 5) is 54.6. The van der Waals surface area contributed by atoms with Crippen LogP contribution in [-0.2, 0) is 45.5 Å². The van der Waals surface area contributed by atoms with Gasteiger partial charge < -0.3 is 30.6 Å². The van der Waals surface area contributed by atoms with Crippen LogP contribution in [0.15, 0.2) is 0 Å². The van der Waals surface area contributed by atoms with E-state index < -0.39 is 35.8 Å². The molecule has 0 spiro atoms. The van der Waals surface area contributed by atoms with Gasteiger partial charge in [0.05, 0.1) is 0 Å². The molecule has 0 atom stereocenters. The molecule has 0 aromatic heterocycles. The van der Waals surface area contributed by atoms with Crippen molar-refractivity contribution in [1.82, 2.24) is 0 Å². The predicted octanol–water partition coefficient (Wildman–Crippen LogP) is -2.54. The molecule has 0 aromatic carbocycles. The standard InChI is InChI=1S/3C2H2O4.Co/c3*3-1(4)2(5)6;/h3*(H,3,4)(H,5,6);. The number of hydrogen-bond acceptors (Lipinski definition) is 6. The molecule has 0 bridgehead atoms. The normalized spacial score (nSPS) is 6.95. The van der Waals surface area contributed by atoms with E-state index in [1.807, 2.05) is 0 Å². The van der Waals surface area contributed by atoms with Gasteiger partial charge in [-0.1, -0.05) is 0 Å². The van der Waals surface area contributed by atoms with Crippen molar-refractivity contribution in [3.05, 3.63) is 0 Å². The summed E-state index contributed by atoms with van der Waals surface area (Å²) in [6.45, 7) is 0. The molecular formula is C6H6CoO12. The molecule has 0 aliphatic rings. The number of hydrogen-bond donors (Lipinski definition) is 6. The first-order chi connectivity index (χ1) is 7.93. The van der Waals surface area contributed by atoms with Gasteiger partial charge in [-0.3, -0.25) is 0 Å². The van der Waals surface area contributed by atoms with Crippen molar-refractivity contribution in [3.63, 3.8) is 0 Å². The van der Waals surface area contributed by atoms with Crippen LogP contribution >= 0.6 is 0 Å². The van der Waals surface area contributed by atoms with Crippen molar-refractivity contribution < 1.29 is 76.2 Å². The van der Waals surface area contributed by atoms with E-state index >= 15 is 0 Å². The van der Waals surface area contributed by atoms with Gasteiger partial charge in [0, 0.05) is 16.8 Å². The molecule has 0 unspecified atom stereocenters. The van der Waals surface area contributed by atoms with Crippen LogP contribution in [0.3, 0.4) is 0 Å². The number of carbonyl (C=O) groups is 6. The SMILES string of the molecule is O=C(O)C(=O)O.O=C(O)C(=O)O.O=C(O)C(=O)O.[Co]. The van der Waals surface area contributed by atoms with Crippen LogP contribution < -0.4 is 0 Å². The molecule has 0 aliphatic heterocycles. The Morgan fingerprint density at radius 2 is 0.421 bits per heavy atom. The molecule has 0 fully saturated rings. The fourth-order valence-electron chi connectivity index (χ4n) is 0. The Labute approximate surface area is 113 Å². The first-order valence-electron chi connectivity index (χ1n) is 3.32. The van der Waals surface area contributed by atoms with Crippen LogP contribution in [0.5, 0.6) is 0 Å². The van der Waals surface area contributed by atoms with Crippen molar-refractivity contribution in [2.24, 2.45) is 0 Å². The van der Waals surface area contributed by atoms with Crippen LogP contribution in [0.25, 0.3) is 0 Å². The molecule has 19 heavy (non-hydrogen) atoms. The van der Waals surface area contributed by atoms with Gasteiger partial charge in [0.1, 0.15) is 0 Å². The molecule has 0 saturated heterocycles. The maximum atomic E-state index is 9.10. The Morgan fingerprint density at radius 3 is 0.421 bits per heavy atom. The van der Waals surface area contributed by atoms with E-state index in [2.05, 4.69) is 0 Å². The van der Waals surface area contributed by atoms with Crippen molar-refractivity contribution in [2.45, 2.75) is 0 Å². The number of carboxylic acids is 6. The van der Waals surface area contributed by atoms with E-state index in [9.17, 15) is 0 Å². The summed E-state index contributed by atoms with van der Waals surface area (Å²) < 4.78 is 0. The molecule has 111 valence electrons. The largest absolute Gasteiger partial charge is 0.473 e. The fourth-order valence-corrected chi connectivity index (χ4v) is 0. The molecule has 1 radical (unpaired) electrons. The first-order valence-corrected chi connectivity index (χ1v) is 3.32. The van der Waals surface area contributed by atoms with E-state index in [0.29, 0.717) is 0 Å². The van der Waals surface area contributed by atoms with Gasteiger partial charge in [-0.05, 0) is 0 Å². The predicted molar refractivity (Wildman–Crippen MR) is 45.8 cm³/mol. The molecule has 0 heterocycles. The van der Waals surface area contributed by atoms with Crippen molar-refractivity contribution in [2.75, 3.05) is 0 Å². The average molecular weight is 329 g/mol. The van der Waals surface area contributed by atoms with Crippen LogP contribution in [-0.4, -0.2) is 66.5 Å². The Bertz CT molecular complexity index is 277. The smallest absolute Gasteiger partial charge is 0.414 e. The Hall–Kier alpha value is -2.67. The van der Waals surface area contributed by atoms with E-state index in [1.165, 1.54) is 0 Å². The summed E-state index contributed by atoms with van der Waals surface area (Å²) in [6, 6.07) is 0. The Morgan fingerprint density at radius 1 is 0.368 bits per heavy atom. The van der Waals surface area contributed by atoms with Gasteiger partial charge in [0.2, 0.25) is 0 Å². The quantitative estimate of drug-likeness (QED) is 0.253. The number of rotatable bonds is 0. The minimum absolute atomic E-state index is 0. The number of aliphatic carboxylic acids is 6. The van der Waals surface area contributed by atoms with E-state index in [4.69, 9.17) is 59.4 Å². The Kier molecular flexibility index (Phi) is 17.8. The second-order valence-corrected chi connectivity index (χ2v) is 1.83. The molecule has 0 aliphatic carbocycles. The van der Waals surface area contributed by atoms with Gasteiger partial charge in [-0.2, -0.15) is 0 Å². The van der Waals surface area contributed by atoms with Crippen molar-refractivity contribution >= 4 is 35.8 Å². The topological polar surface area (TPSA) is 224 Å². The van der Waals surface area contributed by atoms with Crippen LogP contribution in [0.4, 0.5) is 0 Å². The molecule has 0 saturated carbocycles. The van der Waals surface area contributed by atoms with E-state index in [-0.39, 0.29) is 16.8 Å². The van der Waals surface area contributed by atoms with E-state index in [1.54, 1.807) is 0 Å². The first kappa shape index (κ1) is 25.2. The molecule has 6 N–H and O–H groups in total. The minimum atomic E-state index is -1.82. The van der Waals surface area contributed by atoms with Crippen LogP contribution in [0, 0.1) is 0 Å². The van der Waals surface area contributed by atoms with Gasteiger partial charge in [0.15, 0.2) is 0 Å². The summed E-state index contributed by atoms with van der Waals surface area (Å²) in [5.74, 6) is -10.9. The number of carboxylic acid groups (broad SMARTS) is 6. The summed E-state index contributed by atoms with van der Waals surface area (Å²) in [6.07, 6.45) is 0. The molecule has 13 heteroatoms. The third kappa shape index (κ3) is 31.3. The second-order valence-electron chi connectivity index (χ2n) is 1.83. The monoisotopic (exact) mass is 329 g/mol. The third-order valence-corrected chi connectivity index (χ3v) is 0.549. The Balaban J connectivity index is -0.0000000865. The van der Waals surface area contributed by atoms with Crippen LogP contribution in [0.1, 0.15) is 0 Å². The van der Waals surface area contributed by atoms with Crippen molar-refractivity contribution in [1.29, 1.82) is 0 Å². The zero-order chi connectivity index (χ0) is 15.5. The summed E-state index contributed by atoms with van der Waals surface area (Å²) in [7, 11) is 0.